The lowest BCUT2D eigenvalue weighted by atomic mass is 9.85. The molecule has 6 heteroatoms. The topological polar surface area (TPSA) is 78.4 Å². The first-order chi connectivity index (χ1) is 13.4. The number of fused-ring (bicyclic) bond motifs is 1. The quantitative estimate of drug-likeness (QED) is 0.599. The molecule has 3 aromatic rings. The van der Waals surface area contributed by atoms with Gasteiger partial charge in [0.1, 0.15) is 5.75 Å². The molecule has 0 fully saturated rings. The van der Waals surface area contributed by atoms with Crippen molar-refractivity contribution in [3.8, 4) is 5.75 Å². The summed E-state index contributed by atoms with van der Waals surface area (Å²) in [6.45, 7) is 3.88. The third kappa shape index (κ3) is 3.39. The standard InChI is InChI=1S/C22H20N2O3S/c1-12-5-3-7-15(9-12)23-21(27)20-13(2)19-17(11-18(26)24-22(19)28-20)14-6-4-8-16(25)10-14/h3-10,17,25H,11H2,1-2H3,(H,23,27)(H,24,26)/t17-/m0/s1. The van der Waals surface area contributed by atoms with Crippen LogP contribution >= 0.6 is 11.3 Å². The van der Waals surface area contributed by atoms with Gasteiger partial charge in [-0.05, 0) is 60.4 Å². The summed E-state index contributed by atoms with van der Waals surface area (Å²) in [5.74, 6) is -0.304. The fourth-order valence-electron chi connectivity index (χ4n) is 3.66. The zero-order valence-electron chi connectivity index (χ0n) is 15.6. The second-order valence-corrected chi connectivity index (χ2v) is 8.04. The van der Waals surface area contributed by atoms with Gasteiger partial charge in [0.25, 0.3) is 5.91 Å². The highest BCUT2D eigenvalue weighted by Gasteiger charge is 2.33. The fourth-order valence-corrected chi connectivity index (χ4v) is 4.84. The SMILES string of the molecule is Cc1cccc(NC(=O)c2sc3c(c2C)[C@H](c2cccc(O)c2)CC(=O)N3)c1. The average Bonchev–Trinajstić information content (AvgIpc) is 2.97. The maximum Gasteiger partial charge on any atom is 0.266 e. The van der Waals surface area contributed by atoms with E-state index >= 15 is 0 Å². The molecular weight excluding hydrogens is 372 g/mol. The first-order valence-corrected chi connectivity index (χ1v) is 9.84. The minimum Gasteiger partial charge on any atom is -0.508 e. The first kappa shape index (κ1) is 18.3. The summed E-state index contributed by atoms with van der Waals surface area (Å²) in [5.41, 5.74) is 4.48. The van der Waals surface area contributed by atoms with E-state index in [1.165, 1.54) is 11.3 Å². The minimum atomic E-state index is -0.189. The molecule has 0 unspecified atom stereocenters. The van der Waals surface area contributed by atoms with Crippen molar-refractivity contribution in [3.63, 3.8) is 0 Å². The van der Waals surface area contributed by atoms with Crippen molar-refractivity contribution < 1.29 is 14.7 Å². The van der Waals surface area contributed by atoms with Crippen LogP contribution in [0.15, 0.2) is 48.5 Å². The predicted octanol–water partition coefficient (Wildman–Crippen LogP) is 4.80. The summed E-state index contributed by atoms with van der Waals surface area (Å²) >= 11 is 1.29. The number of hydrogen-bond donors (Lipinski definition) is 3. The van der Waals surface area contributed by atoms with Crippen LogP contribution in [0.25, 0.3) is 0 Å². The van der Waals surface area contributed by atoms with Gasteiger partial charge in [-0.25, -0.2) is 0 Å². The average molecular weight is 392 g/mol. The molecule has 0 aliphatic carbocycles. The lowest BCUT2D eigenvalue weighted by Gasteiger charge is -2.24. The third-order valence-corrected chi connectivity index (χ3v) is 6.16. The van der Waals surface area contributed by atoms with Crippen LogP contribution in [0.5, 0.6) is 5.75 Å². The van der Waals surface area contributed by atoms with Gasteiger partial charge in [-0.3, -0.25) is 9.59 Å². The van der Waals surface area contributed by atoms with Gasteiger partial charge in [0.05, 0.1) is 9.88 Å². The van der Waals surface area contributed by atoms with Gasteiger partial charge in [-0.15, -0.1) is 11.3 Å². The molecule has 0 radical (unpaired) electrons. The molecule has 28 heavy (non-hydrogen) atoms. The lowest BCUT2D eigenvalue weighted by molar-refractivity contribution is -0.116. The predicted molar refractivity (Wildman–Crippen MR) is 111 cm³/mol. The number of rotatable bonds is 3. The molecular formula is C22H20N2O3S. The summed E-state index contributed by atoms with van der Waals surface area (Å²) in [5, 5.41) is 16.4. The summed E-state index contributed by atoms with van der Waals surface area (Å²) < 4.78 is 0. The van der Waals surface area contributed by atoms with E-state index in [0.717, 1.165) is 27.9 Å². The van der Waals surface area contributed by atoms with E-state index in [0.29, 0.717) is 9.88 Å². The van der Waals surface area contributed by atoms with Crippen molar-refractivity contribution in [1.29, 1.82) is 0 Å². The Morgan fingerprint density at radius 2 is 1.96 bits per heavy atom. The number of anilines is 2. The number of amides is 2. The molecule has 0 spiro atoms. The Morgan fingerprint density at radius 1 is 1.18 bits per heavy atom. The number of aromatic hydroxyl groups is 1. The number of thiophene rings is 1. The van der Waals surface area contributed by atoms with Gasteiger partial charge >= 0.3 is 0 Å². The van der Waals surface area contributed by atoms with E-state index in [-0.39, 0.29) is 29.9 Å². The second kappa shape index (κ2) is 7.13. The van der Waals surface area contributed by atoms with Crippen molar-refractivity contribution in [2.24, 2.45) is 0 Å². The molecule has 2 aromatic carbocycles. The van der Waals surface area contributed by atoms with E-state index in [1.807, 2.05) is 44.2 Å². The number of nitrogens with one attached hydrogen (secondary N) is 2. The molecule has 1 atom stereocenters. The van der Waals surface area contributed by atoms with Crippen LogP contribution in [-0.2, 0) is 4.79 Å². The molecule has 5 nitrogen and oxygen atoms in total. The van der Waals surface area contributed by atoms with Crippen LogP contribution < -0.4 is 10.6 Å². The highest BCUT2D eigenvalue weighted by molar-refractivity contribution is 7.18. The Bertz CT molecular complexity index is 1090. The highest BCUT2D eigenvalue weighted by Crippen LogP contribution is 2.45. The van der Waals surface area contributed by atoms with E-state index in [2.05, 4.69) is 10.6 Å². The van der Waals surface area contributed by atoms with Crippen molar-refractivity contribution in [1.82, 2.24) is 0 Å². The van der Waals surface area contributed by atoms with Crippen LogP contribution in [0.2, 0.25) is 0 Å². The summed E-state index contributed by atoms with van der Waals surface area (Å²) in [6, 6.07) is 14.6. The molecule has 0 saturated heterocycles. The van der Waals surface area contributed by atoms with Crippen LogP contribution in [0.4, 0.5) is 10.7 Å². The van der Waals surface area contributed by atoms with E-state index in [9.17, 15) is 14.7 Å². The molecule has 0 bridgehead atoms. The van der Waals surface area contributed by atoms with E-state index in [1.54, 1.807) is 18.2 Å². The Morgan fingerprint density at radius 3 is 2.71 bits per heavy atom. The van der Waals surface area contributed by atoms with Crippen molar-refractivity contribution in [3.05, 3.63) is 75.7 Å². The van der Waals surface area contributed by atoms with Gasteiger partial charge in [-0.2, -0.15) is 0 Å². The molecule has 3 N–H and O–H groups in total. The number of hydrogen-bond acceptors (Lipinski definition) is 4. The molecule has 2 heterocycles. The monoisotopic (exact) mass is 392 g/mol. The largest absolute Gasteiger partial charge is 0.508 e. The van der Waals surface area contributed by atoms with Gasteiger partial charge in [0.15, 0.2) is 0 Å². The summed E-state index contributed by atoms with van der Waals surface area (Å²) in [4.78, 5) is 25.7. The molecule has 4 rings (SSSR count). The highest BCUT2D eigenvalue weighted by atomic mass is 32.1. The smallest absolute Gasteiger partial charge is 0.266 e. The van der Waals surface area contributed by atoms with E-state index < -0.39 is 0 Å². The zero-order valence-corrected chi connectivity index (χ0v) is 16.4. The number of aryl methyl sites for hydroxylation is 1. The molecule has 1 aliphatic rings. The molecule has 2 amide bonds. The van der Waals surface area contributed by atoms with Crippen molar-refractivity contribution in [2.45, 2.75) is 26.2 Å². The fraction of sp³-hybridized carbons (Fsp3) is 0.182. The number of phenolic OH excluding ortho intramolecular Hbond substituents is 1. The normalized spacial score (nSPS) is 15.6. The van der Waals surface area contributed by atoms with Crippen molar-refractivity contribution in [2.75, 3.05) is 10.6 Å². The first-order valence-electron chi connectivity index (χ1n) is 9.02. The summed E-state index contributed by atoms with van der Waals surface area (Å²) in [7, 11) is 0. The van der Waals surface area contributed by atoms with Gasteiger partial charge in [0.2, 0.25) is 5.91 Å². The number of carbonyl (C=O) groups excluding carboxylic acids is 2. The van der Waals surface area contributed by atoms with Crippen LogP contribution in [0.1, 0.15) is 44.3 Å². The van der Waals surface area contributed by atoms with Gasteiger partial charge in [0, 0.05) is 18.0 Å². The van der Waals surface area contributed by atoms with Crippen LogP contribution in [0, 0.1) is 13.8 Å². The second-order valence-electron chi connectivity index (χ2n) is 7.02. The minimum absolute atomic E-state index is 0.0901. The number of benzene rings is 2. The summed E-state index contributed by atoms with van der Waals surface area (Å²) in [6.07, 6.45) is 0.285. The van der Waals surface area contributed by atoms with Crippen molar-refractivity contribution >= 4 is 33.8 Å². The van der Waals surface area contributed by atoms with Crippen LogP contribution in [0.3, 0.4) is 0 Å². The molecule has 0 saturated carbocycles. The maximum atomic E-state index is 12.9. The Labute approximate surface area is 167 Å². The third-order valence-electron chi connectivity index (χ3n) is 4.94. The maximum absolute atomic E-state index is 12.9. The number of carbonyl (C=O) groups is 2. The Hall–Kier alpha value is -3.12. The number of phenols is 1. The Kier molecular flexibility index (Phi) is 4.65. The lowest BCUT2D eigenvalue weighted by Crippen LogP contribution is -2.22. The van der Waals surface area contributed by atoms with E-state index in [4.69, 9.17) is 0 Å². The van der Waals surface area contributed by atoms with Crippen LogP contribution in [-0.4, -0.2) is 16.9 Å². The Balaban J connectivity index is 1.72. The zero-order chi connectivity index (χ0) is 19.8. The molecule has 142 valence electrons. The molecule has 1 aromatic heterocycles. The molecule has 1 aliphatic heterocycles. The van der Waals surface area contributed by atoms with Gasteiger partial charge < -0.3 is 15.7 Å². The van der Waals surface area contributed by atoms with Gasteiger partial charge in [-0.1, -0.05) is 24.3 Å².